The van der Waals surface area contributed by atoms with Crippen LogP contribution in [0.5, 0.6) is 0 Å². The average Bonchev–Trinajstić information content (AvgIpc) is 2.95. The molecule has 0 heterocycles. The summed E-state index contributed by atoms with van der Waals surface area (Å²) < 4.78 is 58.3. The Hall–Kier alpha value is -1.94. The van der Waals surface area contributed by atoms with Gasteiger partial charge in [-0.2, -0.15) is 0 Å². The second-order valence-electron chi connectivity index (χ2n) is 8.34. The molecular formula is C28H50O13. The van der Waals surface area contributed by atoms with E-state index in [1.165, 1.54) is 0 Å². The van der Waals surface area contributed by atoms with Gasteiger partial charge in [0.2, 0.25) is 0 Å². The molecule has 0 amide bonds. The summed E-state index contributed by atoms with van der Waals surface area (Å²) in [6.07, 6.45) is 0. The maximum atomic E-state index is 11.2. The lowest BCUT2D eigenvalue weighted by Crippen LogP contribution is -2.16. The molecule has 0 aromatic rings. The molecule has 240 valence electrons. The van der Waals surface area contributed by atoms with Crippen molar-refractivity contribution in [1.82, 2.24) is 0 Å². The van der Waals surface area contributed by atoms with Gasteiger partial charge in [-0.25, -0.2) is 9.59 Å². The molecule has 0 aliphatic heterocycles. The maximum Gasteiger partial charge on any atom is 0.333 e. The van der Waals surface area contributed by atoms with Crippen LogP contribution in [0.15, 0.2) is 24.3 Å². The van der Waals surface area contributed by atoms with Gasteiger partial charge >= 0.3 is 11.9 Å². The van der Waals surface area contributed by atoms with Crippen molar-refractivity contribution in [3.63, 3.8) is 0 Å². The molecule has 0 aliphatic carbocycles. The zero-order chi connectivity index (χ0) is 30.2. The Labute approximate surface area is 244 Å². The fourth-order valence-electron chi connectivity index (χ4n) is 2.49. The van der Waals surface area contributed by atoms with Gasteiger partial charge in [-0.15, -0.1) is 0 Å². The summed E-state index contributed by atoms with van der Waals surface area (Å²) in [5.74, 6) is -0.833. The van der Waals surface area contributed by atoms with Crippen molar-refractivity contribution >= 4 is 11.9 Å². The number of esters is 2. The van der Waals surface area contributed by atoms with E-state index in [9.17, 15) is 9.59 Å². The van der Waals surface area contributed by atoms with Gasteiger partial charge in [0.05, 0.1) is 119 Å². The lowest BCUT2D eigenvalue weighted by atomic mass is 10.4. The summed E-state index contributed by atoms with van der Waals surface area (Å²) in [5, 5.41) is 0. The third-order valence-corrected chi connectivity index (χ3v) is 4.59. The van der Waals surface area contributed by atoms with E-state index in [1.54, 1.807) is 13.8 Å². The summed E-state index contributed by atoms with van der Waals surface area (Å²) in [6.45, 7) is 18.6. The van der Waals surface area contributed by atoms with E-state index in [2.05, 4.69) is 13.2 Å². The molecule has 0 aliphatic rings. The van der Waals surface area contributed by atoms with Gasteiger partial charge in [0, 0.05) is 11.1 Å². The zero-order valence-electron chi connectivity index (χ0n) is 24.9. The fraction of sp³-hybridized carbons (Fsp3) is 0.786. The molecule has 0 fully saturated rings. The highest BCUT2D eigenvalue weighted by Gasteiger charge is 2.03. The number of hydrogen-bond acceptors (Lipinski definition) is 13. The summed E-state index contributed by atoms with van der Waals surface area (Å²) in [6, 6.07) is 0. The molecule has 41 heavy (non-hydrogen) atoms. The van der Waals surface area contributed by atoms with Crippen LogP contribution in [0.25, 0.3) is 0 Å². The maximum absolute atomic E-state index is 11.2. The van der Waals surface area contributed by atoms with Crippen LogP contribution in [-0.2, 0) is 61.7 Å². The van der Waals surface area contributed by atoms with E-state index in [0.29, 0.717) is 130 Å². The number of rotatable bonds is 32. The normalized spacial score (nSPS) is 11.0. The Morgan fingerprint density at radius 1 is 0.341 bits per heavy atom. The quantitative estimate of drug-likeness (QED) is 0.0631. The van der Waals surface area contributed by atoms with E-state index in [1.807, 2.05) is 0 Å². The van der Waals surface area contributed by atoms with Crippen LogP contribution in [0.4, 0.5) is 0 Å². The molecule has 0 spiro atoms. The van der Waals surface area contributed by atoms with E-state index < -0.39 is 11.9 Å². The average molecular weight is 595 g/mol. The van der Waals surface area contributed by atoms with Crippen molar-refractivity contribution in [2.45, 2.75) is 13.8 Å². The lowest BCUT2D eigenvalue weighted by molar-refractivity contribution is -0.141. The highest BCUT2D eigenvalue weighted by atomic mass is 16.6. The van der Waals surface area contributed by atoms with E-state index in [4.69, 9.17) is 52.1 Å². The molecule has 0 bridgehead atoms. The van der Waals surface area contributed by atoms with Crippen molar-refractivity contribution in [2.24, 2.45) is 0 Å². The van der Waals surface area contributed by atoms with E-state index in [0.717, 1.165) is 0 Å². The summed E-state index contributed by atoms with van der Waals surface area (Å²) in [7, 11) is 0. The minimum atomic E-state index is -0.416. The number of ether oxygens (including phenoxy) is 11. The first-order valence-corrected chi connectivity index (χ1v) is 13.8. The third kappa shape index (κ3) is 30.8. The molecule has 0 aromatic heterocycles. The van der Waals surface area contributed by atoms with Crippen LogP contribution in [0.2, 0.25) is 0 Å². The molecule has 0 atom stereocenters. The first-order chi connectivity index (χ1) is 19.9. The van der Waals surface area contributed by atoms with Crippen molar-refractivity contribution in [3.8, 4) is 0 Å². The molecule has 0 N–H and O–H groups in total. The minimum Gasteiger partial charge on any atom is -0.460 e. The second kappa shape index (κ2) is 31.0. The number of carbonyl (C=O) groups is 2. The van der Waals surface area contributed by atoms with E-state index >= 15 is 0 Å². The predicted octanol–water partition coefficient (Wildman–Crippen LogP) is 1.37. The van der Waals surface area contributed by atoms with Crippen LogP contribution in [-0.4, -0.2) is 144 Å². The standard InChI is InChI=1S/C28H50O13/c1-25(2)27(29)40-23-21-38-19-17-36-15-13-34-11-9-32-7-5-31-6-8-33-10-12-35-14-16-37-18-20-39-22-24-41-28(30)26(3)4/h1,3,5-24H2,2,4H3. The van der Waals surface area contributed by atoms with Gasteiger partial charge in [-0.3, -0.25) is 0 Å². The van der Waals surface area contributed by atoms with Gasteiger partial charge in [-0.05, 0) is 13.8 Å². The van der Waals surface area contributed by atoms with Crippen molar-refractivity contribution < 1.29 is 61.7 Å². The fourth-order valence-corrected chi connectivity index (χ4v) is 2.49. The Balaban J connectivity index is 3.10. The number of hydrogen-bond donors (Lipinski definition) is 0. The van der Waals surface area contributed by atoms with Crippen molar-refractivity contribution in [2.75, 3.05) is 132 Å². The molecule has 0 saturated heterocycles. The van der Waals surface area contributed by atoms with Crippen LogP contribution < -0.4 is 0 Å². The molecule has 0 saturated carbocycles. The first-order valence-electron chi connectivity index (χ1n) is 13.8. The van der Waals surface area contributed by atoms with Crippen molar-refractivity contribution in [3.05, 3.63) is 24.3 Å². The van der Waals surface area contributed by atoms with Gasteiger partial charge in [0.1, 0.15) is 13.2 Å². The van der Waals surface area contributed by atoms with E-state index in [-0.39, 0.29) is 13.2 Å². The van der Waals surface area contributed by atoms with Crippen LogP contribution in [0.1, 0.15) is 13.8 Å². The Bertz CT molecular complexity index is 603. The van der Waals surface area contributed by atoms with Gasteiger partial charge < -0.3 is 52.1 Å². The third-order valence-electron chi connectivity index (χ3n) is 4.59. The monoisotopic (exact) mass is 594 g/mol. The molecule has 0 rings (SSSR count). The minimum absolute atomic E-state index is 0.195. The molecule has 13 nitrogen and oxygen atoms in total. The SMILES string of the molecule is C=C(C)C(=O)OCCOCCOCCOCCOCCOCCOCCOCCOCCOCCOC(=O)C(=C)C. The lowest BCUT2D eigenvalue weighted by Gasteiger charge is -2.09. The van der Waals surface area contributed by atoms with Gasteiger partial charge in [-0.1, -0.05) is 13.2 Å². The topological polar surface area (TPSA) is 136 Å². The predicted molar refractivity (Wildman–Crippen MR) is 149 cm³/mol. The Morgan fingerprint density at radius 2 is 0.488 bits per heavy atom. The van der Waals surface area contributed by atoms with Crippen molar-refractivity contribution in [1.29, 1.82) is 0 Å². The van der Waals surface area contributed by atoms with Gasteiger partial charge in [0.15, 0.2) is 0 Å². The van der Waals surface area contributed by atoms with Crippen LogP contribution >= 0.6 is 0 Å². The van der Waals surface area contributed by atoms with Crippen LogP contribution in [0.3, 0.4) is 0 Å². The first kappa shape index (κ1) is 39.1. The second-order valence-corrected chi connectivity index (χ2v) is 8.34. The molecule has 13 heteroatoms. The summed E-state index contributed by atoms with van der Waals surface area (Å²) in [5.41, 5.74) is 0.733. The van der Waals surface area contributed by atoms with Crippen LogP contribution in [0, 0.1) is 0 Å². The molecular weight excluding hydrogens is 544 g/mol. The Morgan fingerprint density at radius 3 is 0.634 bits per heavy atom. The summed E-state index contributed by atoms with van der Waals surface area (Å²) in [4.78, 5) is 22.3. The smallest absolute Gasteiger partial charge is 0.333 e. The number of carbonyl (C=O) groups excluding carboxylic acids is 2. The molecule has 0 unspecified atom stereocenters. The zero-order valence-corrected chi connectivity index (χ0v) is 24.9. The molecule has 0 aromatic carbocycles. The van der Waals surface area contributed by atoms with Gasteiger partial charge in [0.25, 0.3) is 0 Å². The highest BCUT2D eigenvalue weighted by Crippen LogP contribution is 1.93. The highest BCUT2D eigenvalue weighted by molar-refractivity contribution is 5.87. The largest absolute Gasteiger partial charge is 0.460 e. The molecule has 0 radical (unpaired) electrons. The Kier molecular flexibility index (Phi) is 29.5. The summed E-state index contributed by atoms with van der Waals surface area (Å²) >= 11 is 0.